The van der Waals surface area contributed by atoms with Gasteiger partial charge in [0.25, 0.3) is 0 Å². The molecule has 0 atom stereocenters. The summed E-state index contributed by atoms with van der Waals surface area (Å²) in [4.78, 5) is 49.0. The van der Waals surface area contributed by atoms with Crippen molar-refractivity contribution in [2.45, 2.75) is 67.6 Å². The molecule has 9 rings (SSSR count). The van der Waals surface area contributed by atoms with Gasteiger partial charge >= 0.3 is 0 Å². The lowest BCUT2D eigenvalue weighted by molar-refractivity contribution is -0.116. The van der Waals surface area contributed by atoms with Crippen molar-refractivity contribution in [3.05, 3.63) is 172 Å². The number of anilines is 1. The van der Waals surface area contributed by atoms with Gasteiger partial charge in [0.15, 0.2) is 16.9 Å². The molecular weight excluding hydrogens is 902 g/mol. The highest BCUT2D eigenvalue weighted by molar-refractivity contribution is 9.10. The summed E-state index contributed by atoms with van der Waals surface area (Å²) >= 11 is 8.09. The normalized spacial score (nSPS) is 10.4. The molecule has 0 bridgehead atoms. The number of rotatable bonds is 8. The molecule has 0 radical (unpaired) electrons. The van der Waals surface area contributed by atoms with Crippen LogP contribution in [0.4, 0.5) is 5.69 Å². The Balaban J connectivity index is 0.000000173. The highest BCUT2D eigenvalue weighted by Crippen LogP contribution is 2.23. The van der Waals surface area contributed by atoms with Gasteiger partial charge in [0.1, 0.15) is 17.5 Å². The lowest BCUT2D eigenvalue weighted by Gasteiger charge is -2.15. The molecule has 65 heavy (non-hydrogen) atoms. The first-order valence-corrected chi connectivity index (χ1v) is 22.2. The van der Waals surface area contributed by atoms with Crippen molar-refractivity contribution in [2.75, 3.05) is 19.0 Å². The number of carbonyl (C=O) groups is 2. The number of amides is 1. The molecule has 0 aliphatic carbocycles. The molecule has 0 aliphatic heterocycles. The van der Waals surface area contributed by atoms with E-state index in [1.165, 1.54) is 43.1 Å². The molecule has 3 aromatic carbocycles. The highest BCUT2D eigenvalue weighted by Gasteiger charge is 2.14. The predicted molar refractivity (Wildman–Crippen MR) is 266 cm³/mol. The van der Waals surface area contributed by atoms with E-state index in [1.807, 2.05) is 63.4 Å². The average molecular weight is 957 g/mol. The molecule has 2 N–H and O–H groups in total. The number of carbonyl (C=O) groups excluding carboxylic acids is 2. The van der Waals surface area contributed by atoms with Crippen LogP contribution in [-0.4, -0.2) is 68.9 Å². The van der Waals surface area contributed by atoms with Crippen LogP contribution in [0.1, 0.15) is 60.5 Å². The van der Waals surface area contributed by atoms with E-state index in [2.05, 4.69) is 157 Å². The predicted octanol–water partition coefficient (Wildman–Crippen LogP) is 10.0. The highest BCUT2D eigenvalue weighted by atomic mass is 79.9. The van der Waals surface area contributed by atoms with Crippen molar-refractivity contribution in [1.29, 1.82) is 0 Å². The van der Waals surface area contributed by atoms with Crippen molar-refractivity contribution in [3.8, 4) is 0 Å². The number of imidazole rings is 3. The van der Waals surface area contributed by atoms with Gasteiger partial charge in [-0.15, -0.1) is 0 Å². The van der Waals surface area contributed by atoms with Crippen molar-refractivity contribution in [3.63, 3.8) is 0 Å². The number of hydrogen-bond donors (Lipinski definition) is 1. The van der Waals surface area contributed by atoms with Crippen LogP contribution in [0.15, 0.2) is 132 Å². The minimum atomic E-state index is -0.361. The molecule has 15 heteroatoms. The maximum atomic E-state index is 11.5. The minimum absolute atomic E-state index is 0.0213. The first-order chi connectivity index (χ1) is 31.3. The summed E-state index contributed by atoms with van der Waals surface area (Å²) in [5.74, 6) is 2.89. The first-order valence-electron chi connectivity index (χ1n) is 21.0. The van der Waals surface area contributed by atoms with Gasteiger partial charge in [-0.2, -0.15) is 0 Å². The Kier molecular flexibility index (Phi) is 18.2. The van der Waals surface area contributed by atoms with Gasteiger partial charge < -0.3 is 24.3 Å². The summed E-state index contributed by atoms with van der Waals surface area (Å²) < 4.78 is 7.51. The molecule has 6 heterocycles. The smallest absolute Gasteiger partial charge is 0.223 e. The second kappa shape index (κ2) is 23.9. The zero-order valence-electron chi connectivity index (χ0n) is 38.1. The molecule has 336 valence electrons. The molecule has 0 aliphatic rings. The Morgan fingerprint density at radius 2 is 0.938 bits per heavy atom. The number of halogens is 2. The van der Waals surface area contributed by atoms with Crippen LogP contribution in [0.3, 0.4) is 0 Å². The SMILES string of the molecule is CC(=O)Cl.CC(=O)N(C)c1cnc2nc(C)n(Cc3ccccc3)c2c1.CCc1cnc2nc(C)n(Cc3ccccc3)c2c1.CN.Cc1nc2ncc(Br)cc2n1Cc1ccccc1. The summed E-state index contributed by atoms with van der Waals surface area (Å²) in [5, 5.41) is -0.361. The number of fused-ring (bicyclic) bond motifs is 3. The van der Waals surface area contributed by atoms with E-state index in [0.717, 1.165) is 81.5 Å². The molecule has 9 aromatic rings. The van der Waals surface area contributed by atoms with E-state index in [9.17, 15) is 9.59 Å². The standard InChI is InChI=1S/C17H18N4O.C16H17N3.C14H12BrN3.C2H3ClO.CH5N/c1-12-19-17-16(9-15(10-18-17)20(3)13(2)22)21(12)11-14-7-5-4-6-8-14;1-3-13-9-15-16(17-10-13)18-12(2)19(15)11-14-7-5-4-6-8-14;1-10-17-14-13(7-12(15)8-16-14)18(10)9-11-5-3-2-4-6-11;1-2(3)4;1-2/h4-10H,11H2,1-3H3;4-10H,3,11H2,1-2H3;2-8H,9H2,1H3;1H3;2H2,1H3. The lowest BCUT2D eigenvalue weighted by atomic mass is 10.2. The number of hydrogen-bond acceptors (Lipinski definition) is 9. The minimum Gasteiger partial charge on any atom is -0.333 e. The quantitative estimate of drug-likeness (QED) is 0.147. The van der Waals surface area contributed by atoms with Crippen molar-refractivity contribution in [2.24, 2.45) is 5.73 Å². The van der Waals surface area contributed by atoms with E-state index in [1.54, 1.807) is 24.3 Å². The van der Waals surface area contributed by atoms with Crippen molar-refractivity contribution >= 4 is 77.9 Å². The second-order valence-electron chi connectivity index (χ2n) is 14.8. The van der Waals surface area contributed by atoms with E-state index in [0.29, 0.717) is 5.65 Å². The molecule has 0 saturated carbocycles. The molecular formula is C50H55BrClN11O2. The summed E-state index contributed by atoms with van der Waals surface area (Å²) in [6.45, 7) is 13.4. The van der Waals surface area contributed by atoms with Crippen LogP contribution < -0.4 is 10.6 Å². The van der Waals surface area contributed by atoms with Gasteiger partial charge in [-0.3, -0.25) is 9.59 Å². The van der Waals surface area contributed by atoms with Crippen LogP contribution in [0.25, 0.3) is 33.5 Å². The van der Waals surface area contributed by atoms with Crippen LogP contribution in [0.2, 0.25) is 0 Å². The molecule has 0 saturated heterocycles. The van der Waals surface area contributed by atoms with Gasteiger partial charge in [-0.1, -0.05) is 97.9 Å². The fraction of sp³-hybridized carbons (Fsp3) is 0.240. The van der Waals surface area contributed by atoms with Gasteiger partial charge in [-0.05, 0) is 102 Å². The van der Waals surface area contributed by atoms with Crippen LogP contribution in [0.5, 0.6) is 0 Å². The molecule has 1 amide bonds. The summed E-state index contributed by atoms with van der Waals surface area (Å²) in [5.41, 5.74) is 15.7. The fourth-order valence-electron chi connectivity index (χ4n) is 6.82. The third kappa shape index (κ3) is 13.5. The zero-order chi connectivity index (χ0) is 47.0. The van der Waals surface area contributed by atoms with E-state index < -0.39 is 0 Å². The molecule has 13 nitrogen and oxygen atoms in total. The van der Waals surface area contributed by atoms with Crippen LogP contribution in [0, 0.1) is 20.8 Å². The largest absolute Gasteiger partial charge is 0.333 e. The average Bonchev–Trinajstić information content (AvgIpc) is 3.91. The fourth-order valence-corrected chi connectivity index (χ4v) is 7.14. The summed E-state index contributed by atoms with van der Waals surface area (Å²) in [6, 6.07) is 37.3. The maximum Gasteiger partial charge on any atom is 0.223 e. The Morgan fingerprint density at radius 1 is 0.585 bits per heavy atom. The molecule has 0 spiro atoms. The zero-order valence-corrected chi connectivity index (χ0v) is 40.4. The van der Waals surface area contributed by atoms with E-state index in [4.69, 9.17) is 0 Å². The Bertz CT molecular complexity index is 2950. The lowest BCUT2D eigenvalue weighted by Crippen LogP contribution is -2.22. The number of aryl methyl sites for hydroxylation is 4. The van der Waals surface area contributed by atoms with E-state index >= 15 is 0 Å². The maximum absolute atomic E-state index is 11.5. The van der Waals surface area contributed by atoms with Crippen LogP contribution in [-0.2, 0) is 35.6 Å². The number of pyridine rings is 3. The van der Waals surface area contributed by atoms with E-state index in [-0.39, 0.29) is 11.1 Å². The molecule has 0 fully saturated rings. The molecule has 6 aromatic heterocycles. The van der Waals surface area contributed by atoms with Crippen molar-refractivity contribution in [1.82, 2.24) is 43.6 Å². The van der Waals surface area contributed by atoms with Crippen LogP contribution >= 0.6 is 27.5 Å². The topological polar surface area (TPSA) is 156 Å². The third-order valence-electron chi connectivity index (χ3n) is 10.2. The van der Waals surface area contributed by atoms with Gasteiger partial charge in [-0.25, -0.2) is 29.9 Å². The number of nitrogens with two attached hydrogens (primary N) is 1. The van der Waals surface area contributed by atoms with Gasteiger partial charge in [0, 0.05) is 57.4 Å². The van der Waals surface area contributed by atoms with Crippen molar-refractivity contribution < 1.29 is 9.59 Å². The second-order valence-corrected chi connectivity index (χ2v) is 16.3. The molecule has 0 unspecified atom stereocenters. The number of benzene rings is 3. The number of nitrogens with zero attached hydrogens (tertiary/aromatic N) is 10. The van der Waals surface area contributed by atoms with Gasteiger partial charge in [0.2, 0.25) is 11.1 Å². The Labute approximate surface area is 393 Å². The summed E-state index contributed by atoms with van der Waals surface area (Å²) in [6.07, 6.45) is 6.38. The van der Waals surface area contributed by atoms with Gasteiger partial charge in [0.05, 0.1) is 28.4 Å². The first kappa shape index (κ1) is 49.4. The number of aromatic nitrogens is 9. The summed E-state index contributed by atoms with van der Waals surface area (Å²) in [7, 11) is 3.25. The Morgan fingerprint density at radius 3 is 1.32 bits per heavy atom. The third-order valence-corrected chi connectivity index (χ3v) is 10.7. The Hall–Kier alpha value is -6.61. The monoisotopic (exact) mass is 955 g/mol.